The van der Waals surface area contributed by atoms with Crippen molar-refractivity contribution < 1.29 is 0 Å². The van der Waals surface area contributed by atoms with Crippen molar-refractivity contribution >= 4 is 0 Å². The van der Waals surface area contributed by atoms with Crippen LogP contribution in [0.25, 0.3) is 0 Å². The van der Waals surface area contributed by atoms with Gasteiger partial charge in [-0.05, 0) is 31.9 Å². The molecule has 0 spiro atoms. The second kappa shape index (κ2) is 3.40. The van der Waals surface area contributed by atoms with Crippen molar-refractivity contribution in [2.24, 2.45) is 0 Å². The minimum atomic E-state index is 0.00519. The fourth-order valence-corrected chi connectivity index (χ4v) is 1.38. The number of rotatable bonds is 1. The molecule has 0 fully saturated rings. The Labute approximate surface area is 73.6 Å². The molecule has 1 unspecified atom stereocenters. The quantitative estimate of drug-likeness (QED) is 0.618. The van der Waals surface area contributed by atoms with E-state index in [9.17, 15) is 0 Å². The SMILES string of the molecule is Cc1ccc(C(C)C#N)c(C)c1. The van der Waals surface area contributed by atoms with Crippen molar-refractivity contribution in [2.45, 2.75) is 26.7 Å². The zero-order valence-corrected chi connectivity index (χ0v) is 7.76. The Hall–Kier alpha value is -1.29. The van der Waals surface area contributed by atoms with Gasteiger partial charge < -0.3 is 0 Å². The van der Waals surface area contributed by atoms with E-state index in [1.54, 1.807) is 0 Å². The van der Waals surface area contributed by atoms with E-state index in [1.165, 1.54) is 11.1 Å². The topological polar surface area (TPSA) is 23.8 Å². The molecule has 0 saturated heterocycles. The zero-order valence-electron chi connectivity index (χ0n) is 7.76. The summed E-state index contributed by atoms with van der Waals surface area (Å²) < 4.78 is 0. The van der Waals surface area contributed by atoms with Crippen molar-refractivity contribution in [3.8, 4) is 6.07 Å². The molecule has 0 aliphatic carbocycles. The van der Waals surface area contributed by atoms with Crippen LogP contribution in [0.15, 0.2) is 18.2 Å². The van der Waals surface area contributed by atoms with Crippen LogP contribution < -0.4 is 0 Å². The molecule has 1 heteroatoms. The van der Waals surface area contributed by atoms with Crippen LogP contribution in [0.2, 0.25) is 0 Å². The lowest BCUT2D eigenvalue weighted by Gasteiger charge is -2.07. The summed E-state index contributed by atoms with van der Waals surface area (Å²) in [4.78, 5) is 0. The highest BCUT2D eigenvalue weighted by molar-refractivity contribution is 5.35. The van der Waals surface area contributed by atoms with Crippen molar-refractivity contribution in [2.75, 3.05) is 0 Å². The van der Waals surface area contributed by atoms with Gasteiger partial charge in [0.15, 0.2) is 0 Å². The Kier molecular flexibility index (Phi) is 2.50. The first kappa shape index (κ1) is 8.80. The standard InChI is InChI=1S/C11H13N/c1-8-4-5-11(9(2)6-8)10(3)7-12/h4-6,10H,1-3H3. The first-order valence-electron chi connectivity index (χ1n) is 4.12. The van der Waals surface area contributed by atoms with E-state index in [2.05, 4.69) is 32.0 Å². The average molecular weight is 159 g/mol. The largest absolute Gasteiger partial charge is 0.198 e. The van der Waals surface area contributed by atoms with Crippen molar-refractivity contribution in [1.29, 1.82) is 5.26 Å². The summed E-state index contributed by atoms with van der Waals surface area (Å²) in [6.45, 7) is 6.04. The number of nitrogens with zero attached hydrogens (tertiary/aromatic N) is 1. The van der Waals surface area contributed by atoms with Gasteiger partial charge in [0.25, 0.3) is 0 Å². The molecule has 0 saturated carbocycles. The molecule has 1 nitrogen and oxygen atoms in total. The van der Waals surface area contributed by atoms with Gasteiger partial charge in [0, 0.05) is 0 Å². The first-order valence-corrected chi connectivity index (χ1v) is 4.12. The van der Waals surface area contributed by atoms with Gasteiger partial charge in [-0.2, -0.15) is 5.26 Å². The normalized spacial score (nSPS) is 12.2. The molecular weight excluding hydrogens is 146 g/mol. The van der Waals surface area contributed by atoms with E-state index >= 15 is 0 Å². The number of benzene rings is 1. The van der Waals surface area contributed by atoms with E-state index in [-0.39, 0.29) is 5.92 Å². The average Bonchev–Trinajstić information content (AvgIpc) is 2.03. The summed E-state index contributed by atoms with van der Waals surface area (Å²) >= 11 is 0. The van der Waals surface area contributed by atoms with Crippen LogP contribution in [0.3, 0.4) is 0 Å². The van der Waals surface area contributed by atoms with E-state index in [0.29, 0.717) is 0 Å². The summed E-state index contributed by atoms with van der Waals surface area (Å²) in [7, 11) is 0. The highest BCUT2D eigenvalue weighted by atomic mass is 14.3. The van der Waals surface area contributed by atoms with Crippen molar-refractivity contribution in [1.82, 2.24) is 0 Å². The summed E-state index contributed by atoms with van der Waals surface area (Å²) in [6, 6.07) is 8.45. The maximum Gasteiger partial charge on any atom is 0.0700 e. The minimum absolute atomic E-state index is 0.00519. The predicted molar refractivity (Wildman–Crippen MR) is 49.9 cm³/mol. The molecule has 0 N–H and O–H groups in total. The molecular formula is C11H13N. The minimum Gasteiger partial charge on any atom is -0.198 e. The van der Waals surface area contributed by atoms with E-state index in [0.717, 1.165) is 5.56 Å². The van der Waals surface area contributed by atoms with E-state index < -0.39 is 0 Å². The third-order valence-electron chi connectivity index (χ3n) is 2.09. The van der Waals surface area contributed by atoms with Gasteiger partial charge in [-0.25, -0.2) is 0 Å². The molecule has 0 amide bonds. The van der Waals surface area contributed by atoms with Gasteiger partial charge in [0.1, 0.15) is 0 Å². The zero-order chi connectivity index (χ0) is 9.14. The lowest BCUT2D eigenvalue weighted by molar-refractivity contribution is 0.964. The molecule has 0 aromatic heterocycles. The van der Waals surface area contributed by atoms with Gasteiger partial charge in [-0.3, -0.25) is 0 Å². The Morgan fingerprint density at radius 2 is 2.00 bits per heavy atom. The van der Waals surface area contributed by atoms with Gasteiger partial charge in [0.05, 0.1) is 12.0 Å². The van der Waals surface area contributed by atoms with Crippen molar-refractivity contribution in [3.63, 3.8) is 0 Å². The monoisotopic (exact) mass is 159 g/mol. The lowest BCUT2D eigenvalue weighted by Crippen LogP contribution is -1.93. The van der Waals surface area contributed by atoms with E-state index in [1.807, 2.05) is 13.0 Å². The molecule has 0 aliphatic heterocycles. The summed E-state index contributed by atoms with van der Waals surface area (Å²) in [5, 5.41) is 8.73. The maximum atomic E-state index is 8.73. The molecule has 0 heterocycles. The Balaban J connectivity index is 3.11. The Bertz CT molecular complexity index is 320. The van der Waals surface area contributed by atoms with Crippen LogP contribution in [-0.4, -0.2) is 0 Å². The molecule has 62 valence electrons. The molecule has 0 radical (unpaired) electrons. The van der Waals surface area contributed by atoms with Crippen LogP contribution in [0, 0.1) is 25.2 Å². The molecule has 0 bridgehead atoms. The molecule has 1 aromatic rings. The van der Waals surface area contributed by atoms with Gasteiger partial charge in [-0.15, -0.1) is 0 Å². The molecule has 12 heavy (non-hydrogen) atoms. The molecule has 1 atom stereocenters. The van der Waals surface area contributed by atoms with Crippen molar-refractivity contribution in [3.05, 3.63) is 34.9 Å². The molecule has 0 aliphatic rings. The van der Waals surface area contributed by atoms with Gasteiger partial charge >= 0.3 is 0 Å². The number of hydrogen-bond acceptors (Lipinski definition) is 1. The highest BCUT2D eigenvalue weighted by Gasteiger charge is 2.05. The van der Waals surface area contributed by atoms with E-state index in [4.69, 9.17) is 5.26 Å². The van der Waals surface area contributed by atoms with Gasteiger partial charge in [0.2, 0.25) is 0 Å². The summed E-state index contributed by atoms with van der Waals surface area (Å²) in [5.41, 5.74) is 3.61. The van der Waals surface area contributed by atoms with Crippen LogP contribution in [-0.2, 0) is 0 Å². The second-order valence-electron chi connectivity index (χ2n) is 3.21. The Morgan fingerprint density at radius 3 is 2.50 bits per heavy atom. The summed E-state index contributed by atoms with van der Waals surface area (Å²) in [5.74, 6) is 0.00519. The number of hydrogen-bond donors (Lipinski definition) is 0. The molecule has 1 rings (SSSR count). The second-order valence-corrected chi connectivity index (χ2v) is 3.21. The third kappa shape index (κ3) is 1.65. The molecule has 1 aromatic carbocycles. The fourth-order valence-electron chi connectivity index (χ4n) is 1.38. The smallest absolute Gasteiger partial charge is 0.0700 e. The fraction of sp³-hybridized carbons (Fsp3) is 0.364. The number of aryl methyl sites for hydroxylation is 2. The van der Waals surface area contributed by atoms with Crippen LogP contribution in [0.5, 0.6) is 0 Å². The van der Waals surface area contributed by atoms with Gasteiger partial charge in [-0.1, -0.05) is 23.8 Å². The van der Waals surface area contributed by atoms with Crippen LogP contribution in [0.1, 0.15) is 29.5 Å². The summed E-state index contributed by atoms with van der Waals surface area (Å²) in [6.07, 6.45) is 0. The maximum absolute atomic E-state index is 8.73. The lowest BCUT2D eigenvalue weighted by atomic mass is 9.96. The Morgan fingerprint density at radius 1 is 1.33 bits per heavy atom. The third-order valence-corrected chi connectivity index (χ3v) is 2.09. The highest BCUT2D eigenvalue weighted by Crippen LogP contribution is 2.19. The predicted octanol–water partition coefficient (Wildman–Crippen LogP) is 2.93. The number of nitriles is 1. The van der Waals surface area contributed by atoms with Crippen LogP contribution in [0.4, 0.5) is 0 Å². The van der Waals surface area contributed by atoms with Crippen LogP contribution >= 0.6 is 0 Å². The first-order chi connectivity index (χ1) is 5.65.